The maximum Gasteiger partial charge on any atom is 0.294 e. The molecule has 196 valence electrons. The van der Waals surface area contributed by atoms with Gasteiger partial charge in [0.1, 0.15) is 11.4 Å². The molecule has 0 aromatic heterocycles. The standard InChI is InChI=1S/C30H18N2O7S/c33-27-21-13-4-6-15-23(21)31(29(35)18-9-2-1-3-10-18)25(27)26-28(34)22-14-5-7-16-24(22)32(26)30(36)19-11-8-12-20(17-19)40(37,38)39/h1-17H,(H,37,38,39)/b26-25+. The summed E-state index contributed by atoms with van der Waals surface area (Å²) in [4.78, 5) is 57.2. The van der Waals surface area contributed by atoms with Gasteiger partial charge in [0.05, 0.1) is 16.3 Å². The van der Waals surface area contributed by atoms with Crippen LogP contribution < -0.4 is 9.80 Å². The van der Waals surface area contributed by atoms with Gasteiger partial charge in [0, 0.05) is 22.3 Å². The number of Topliss-reactive ketones (excluding diaryl/α,β-unsaturated/α-hetero) is 2. The minimum atomic E-state index is -4.64. The second-order valence-corrected chi connectivity index (χ2v) is 10.5. The first-order chi connectivity index (χ1) is 19.2. The molecule has 0 atom stereocenters. The van der Waals surface area contributed by atoms with E-state index in [2.05, 4.69) is 0 Å². The lowest BCUT2D eigenvalue weighted by Crippen LogP contribution is -2.36. The number of carbonyl (C=O) groups excluding carboxylic acids is 4. The molecule has 2 aliphatic rings. The van der Waals surface area contributed by atoms with Crippen LogP contribution in [0.15, 0.2) is 119 Å². The van der Waals surface area contributed by atoms with Gasteiger partial charge in [0.15, 0.2) is 0 Å². The number of carbonyl (C=O) groups is 4. The highest BCUT2D eigenvalue weighted by atomic mass is 32.2. The average Bonchev–Trinajstić information content (AvgIpc) is 3.43. The van der Waals surface area contributed by atoms with Gasteiger partial charge in [-0.05, 0) is 54.6 Å². The number of nitrogens with zero attached hydrogens (tertiary/aromatic N) is 2. The zero-order valence-electron chi connectivity index (χ0n) is 20.5. The normalized spacial score (nSPS) is 16.2. The van der Waals surface area contributed by atoms with Crippen molar-refractivity contribution in [3.05, 3.63) is 137 Å². The SMILES string of the molecule is O=C1/C(=C2/C(=O)c3ccccc3N2C(=O)c2cccc(S(=O)(=O)O)c2)N(C(=O)c2ccccc2)c2ccccc21. The predicted octanol–water partition coefficient (Wildman–Crippen LogP) is 4.53. The number of para-hydroxylation sites is 2. The second kappa shape index (κ2) is 9.23. The van der Waals surface area contributed by atoms with E-state index in [1.54, 1.807) is 60.7 Å². The van der Waals surface area contributed by atoms with Crippen LogP contribution in [0, 0.1) is 0 Å². The smallest absolute Gasteiger partial charge is 0.287 e. The Morgan fingerprint density at radius 3 is 1.55 bits per heavy atom. The van der Waals surface area contributed by atoms with Crippen molar-refractivity contribution in [2.75, 3.05) is 9.80 Å². The molecular formula is C30H18N2O7S. The summed E-state index contributed by atoms with van der Waals surface area (Å²) in [5.41, 5.74) is 0.179. The molecule has 9 nitrogen and oxygen atoms in total. The summed E-state index contributed by atoms with van der Waals surface area (Å²) in [6.07, 6.45) is 0. The molecule has 2 heterocycles. The highest BCUT2D eigenvalue weighted by Crippen LogP contribution is 2.43. The van der Waals surface area contributed by atoms with Crippen LogP contribution >= 0.6 is 0 Å². The fraction of sp³-hybridized carbons (Fsp3) is 0. The van der Waals surface area contributed by atoms with Crippen molar-refractivity contribution in [1.29, 1.82) is 0 Å². The summed E-state index contributed by atoms with van der Waals surface area (Å²) >= 11 is 0. The van der Waals surface area contributed by atoms with Gasteiger partial charge in [-0.15, -0.1) is 0 Å². The van der Waals surface area contributed by atoms with Gasteiger partial charge in [-0.2, -0.15) is 8.42 Å². The van der Waals surface area contributed by atoms with Crippen molar-refractivity contribution in [1.82, 2.24) is 0 Å². The van der Waals surface area contributed by atoms with Crippen molar-refractivity contribution in [2.45, 2.75) is 4.90 Å². The number of fused-ring (bicyclic) bond motifs is 2. The minimum Gasteiger partial charge on any atom is -0.287 e. The lowest BCUT2D eigenvalue weighted by Gasteiger charge is -2.24. The first kappa shape index (κ1) is 25.1. The Hall–Kier alpha value is -5.19. The Labute approximate surface area is 228 Å². The molecule has 2 aliphatic heterocycles. The molecule has 0 bridgehead atoms. The summed E-state index contributed by atoms with van der Waals surface area (Å²) in [5, 5.41) is 0. The van der Waals surface area contributed by atoms with Crippen molar-refractivity contribution in [3.8, 4) is 0 Å². The fourth-order valence-electron chi connectivity index (χ4n) is 4.90. The van der Waals surface area contributed by atoms with Crippen molar-refractivity contribution in [3.63, 3.8) is 0 Å². The minimum absolute atomic E-state index is 0.125. The average molecular weight is 551 g/mol. The number of ketones is 2. The molecule has 0 saturated carbocycles. The maximum atomic E-state index is 14.0. The van der Waals surface area contributed by atoms with Gasteiger partial charge < -0.3 is 0 Å². The molecule has 6 rings (SSSR count). The fourth-order valence-corrected chi connectivity index (χ4v) is 5.42. The van der Waals surface area contributed by atoms with Crippen molar-refractivity contribution >= 4 is 44.9 Å². The summed E-state index contributed by atoms with van der Waals surface area (Å²) in [6.45, 7) is 0. The van der Waals surface area contributed by atoms with Crippen molar-refractivity contribution < 1.29 is 32.1 Å². The van der Waals surface area contributed by atoms with Crippen LogP contribution in [0.2, 0.25) is 0 Å². The number of anilines is 2. The molecule has 10 heteroatoms. The van der Waals surface area contributed by atoms with Gasteiger partial charge in [-0.3, -0.25) is 33.5 Å². The third-order valence-corrected chi connectivity index (χ3v) is 7.54. The Morgan fingerprint density at radius 1 is 0.575 bits per heavy atom. The highest BCUT2D eigenvalue weighted by molar-refractivity contribution is 7.85. The number of hydrogen-bond donors (Lipinski definition) is 1. The first-order valence-corrected chi connectivity index (χ1v) is 13.5. The molecule has 40 heavy (non-hydrogen) atoms. The Kier molecular flexibility index (Phi) is 5.79. The predicted molar refractivity (Wildman–Crippen MR) is 145 cm³/mol. The first-order valence-electron chi connectivity index (χ1n) is 12.0. The molecule has 2 amide bonds. The van der Waals surface area contributed by atoms with E-state index in [1.165, 1.54) is 30.3 Å². The quantitative estimate of drug-likeness (QED) is 0.293. The third-order valence-electron chi connectivity index (χ3n) is 6.69. The molecule has 4 aromatic carbocycles. The Morgan fingerprint density at radius 2 is 1.02 bits per heavy atom. The lowest BCUT2D eigenvalue weighted by molar-refractivity contribution is 0.0953. The molecule has 0 aliphatic carbocycles. The van der Waals surface area contributed by atoms with E-state index in [1.807, 2.05) is 0 Å². The number of hydrogen-bond acceptors (Lipinski definition) is 6. The van der Waals surface area contributed by atoms with Gasteiger partial charge >= 0.3 is 0 Å². The molecule has 0 fully saturated rings. The van der Waals surface area contributed by atoms with E-state index in [4.69, 9.17) is 0 Å². The molecule has 0 saturated heterocycles. The lowest BCUT2D eigenvalue weighted by atomic mass is 10.1. The summed E-state index contributed by atoms with van der Waals surface area (Å²) in [7, 11) is -4.64. The van der Waals surface area contributed by atoms with Gasteiger partial charge in [-0.1, -0.05) is 48.5 Å². The molecule has 1 N–H and O–H groups in total. The second-order valence-electron chi connectivity index (χ2n) is 9.04. The van der Waals surface area contributed by atoms with Crippen LogP contribution in [0.5, 0.6) is 0 Å². The Balaban J connectivity index is 1.61. The van der Waals surface area contributed by atoms with Gasteiger partial charge in [0.25, 0.3) is 21.9 Å². The van der Waals surface area contributed by atoms with E-state index in [-0.39, 0.29) is 45.0 Å². The molecular weight excluding hydrogens is 532 g/mol. The maximum absolute atomic E-state index is 14.0. The van der Waals surface area contributed by atoms with E-state index >= 15 is 0 Å². The van der Waals surface area contributed by atoms with Crippen LogP contribution in [0.25, 0.3) is 0 Å². The topological polar surface area (TPSA) is 129 Å². The third kappa shape index (κ3) is 3.85. The van der Waals surface area contributed by atoms with Crippen LogP contribution in [0.3, 0.4) is 0 Å². The summed E-state index contributed by atoms with van der Waals surface area (Å²) in [6, 6.07) is 25.5. The molecule has 4 aromatic rings. The van der Waals surface area contributed by atoms with E-state index in [0.717, 1.165) is 21.9 Å². The van der Waals surface area contributed by atoms with Gasteiger partial charge in [-0.25, -0.2) is 0 Å². The van der Waals surface area contributed by atoms with Crippen LogP contribution in [-0.4, -0.2) is 36.4 Å². The highest BCUT2D eigenvalue weighted by Gasteiger charge is 2.46. The van der Waals surface area contributed by atoms with E-state index in [9.17, 15) is 32.1 Å². The number of allylic oxidation sites excluding steroid dienone is 2. The summed E-state index contributed by atoms with van der Waals surface area (Å²) in [5.74, 6) is -2.69. The van der Waals surface area contributed by atoms with Gasteiger partial charge in [0.2, 0.25) is 11.6 Å². The monoisotopic (exact) mass is 550 g/mol. The Bertz CT molecular complexity index is 1910. The molecule has 0 spiro atoms. The molecule has 0 unspecified atom stereocenters. The zero-order valence-corrected chi connectivity index (χ0v) is 21.3. The van der Waals surface area contributed by atoms with Crippen LogP contribution in [0.1, 0.15) is 41.4 Å². The van der Waals surface area contributed by atoms with E-state index in [0.29, 0.717) is 0 Å². The number of amides is 2. The van der Waals surface area contributed by atoms with Crippen molar-refractivity contribution in [2.24, 2.45) is 0 Å². The van der Waals surface area contributed by atoms with Crippen LogP contribution in [-0.2, 0) is 10.1 Å². The number of rotatable bonds is 3. The number of benzene rings is 4. The van der Waals surface area contributed by atoms with Crippen LogP contribution in [0.4, 0.5) is 11.4 Å². The zero-order chi connectivity index (χ0) is 28.2. The largest absolute Gasteiger partial charge is 0.294 e. The summed E-state index contributed by atoms with van der Waals surface area (Å²) < 4.78 is 33.0. The molecule has 0 radical (unpaired) electrons. The van der Waals surface area contributed by atoms with E-state index < -0.39 is 38.4 Å².